The zero-order valence-electron chi connectivity index (χ0n) is 10.1. The third kappa shape index (κ3) is 2.16. The lowest BCUT2D eigenvalue weighted by atomic mass is 10.00. The Bertz CT molecular complexity index is 440. The highest BCUT2D eigenvalue weighted by Gasteiger charge is 2.26. The molecule has 2 aromatic rings. The summed E-state index contributed by atoms with van der Waals surface area (Å²) in [6.07, 6.45) is 12.3. The van der Waals surface area contributed by atoms with E-state index in [1.807, 2.05) is 12.3 Å². The van der Waals surface area contributed by atoms with Crippen molar-refractivity contribution in [1.29, 1.82) is 0 Å². The Morgan fingerprint density at radius 1 is 1.00 bits per heavy atom. The van der Waals surface area contributed by atoms with E-state index in [0.29, 0.717) is 0 Å². The molecule has 3 rings (SSSR count). The van der Waals surface area contributed by atoms with Gasteiger partial charge in [0.05, 0.1) is 17.9 Å². The van der Waals surface area contributed by atoms with Crippen LogP contribution in [0.1, 0.15) is 31.0 Å². The van der Waals surface area contributed by atoms with Gasteiger partial charge < -0.3 is 4.90 Å². The van der Waals surface area contributed by atoms with Gasteiger partial charge in [0.25, 0.3) is 0 Å². The van der Waals surface area contributed by atoms with Crippen LogP contribution in [-0.4, -0.2) is 26.5 Å². The Hall–Kier alpha value is -2.04. The SMILES string of the molecule is c1cnc(N2CCCCC2c2cnccn2)nc1. The molecule has 1 atom stereocenters. The summed E-state index contributed by atoms with van der Waals surface area (Å²) in [6, 6.07) is 2.08. The third-order valence-electron chi connectivity index (χ3n) is 3.24. The van der Waals surface area contributed by atoms with E-state index in [1.165, 1.54) is 12.8 Å². The van der Waals surface area contributed by atoms with Crippen molar-refractivity contribution in [3.05, 3.63) is 42.7 Å². The molecule has 1 unspecified atom stereocenters. The Labute approximate surface area is 106 Å². The molecule has 1 aliphatic heterocycles. The number of anilines is 1. The van der Waals surface area contributed by atoms with Gasteiger partial charge in [0.15, 0.2) is 0 Å². The van der Waals surface area contributed by atoms with Gasteiger partial charge in [-0.1, -0.05) is 0 Å². The lowest BCUT2D eigenvalue weighted by Crippen LogP contribution is -2.35. The lowest BCUT2D eigenvalue weighted by Gasteiger charge is -2.35. The van der Waals surface area contributed by atoms with E-state index in [4.69, 9.17) is 0 Å². The quantitative estimate of drug-likeness (QED) is 0.805. The van der Waals surface area contributed by atoms with Gasteiger partial charge in [-0.05, 0) is 25.3 Å². The van der Waals surface area contributed by atoms with Crippen LogP contribution in [0.5, 0.6) is 0 Å². The standard InChI is InChI=1S/C13H15N5/c1-2-9-18(13-16-5-3-6-17-13)12(4-1)11-10-14-7-8-15-11/h3,5-8,10,12H,1-2,4,9H2. The number of piperidine rings is 1. The molecule has 2 aromatic heterocycles. The summed E-state index contributed by atoms with van der Waals surface area (Å²) in [4.78, 5) is 19.5. The largest absolute Gasteiger partial charge is 0.332 e. The van der Waals surface area contributed by atoms with Crippen molar-refractivity contribution in [2.45, 2.75) is 25.3 Å². The summed E-state index contributed by atoms with van der Waals surface area (Å²) in [5, 5.41) is 0. The van der Waals surface area contributed by atoms with Crippen LogP contribution in [-0.2, 0) is 0 Å². The zero-order chi connectivity index (χ0) is 12.2. The molecule has 5 nitrogen and oxygen atoms in total. The minimum absolute atomic E-state index is 0.245. The maximum Gasteiger partial charge on any atom is 0.225 e. The van der Waals surface area contributed by atoms with E-state index >= 15 is 0 Å². The van der Waals surface area contributed by atoms with Gasteiger partial charge in [0.1, 0.15) is 0 Å². The Balaban J connectivity index is 1.92. The van der Waals surface area contributed by atoms with Gasteiger partial charge in [0, 0.05) is 31.3 Å². The van der Waals surface area contributed by atoms with Crippen molar-refractivity contribution >= 4 is 5.95 Å². The molecule has 18 heavy (non-hydrogen) atoms. The molecule has 1 aliphatic rings. The van der Waals surface area contributed by atoms with E-state index in [1.54, 1.807) is 24.8 Å². The fraction of sp³-hybridized carbons (Fsp3) is 0.385. The molecule has 0 aromatic carbocycles. The van der Waals surface area contributed by atoms with Crippen LogP contribution in [0.4, 0.5) is 5.95 Å². The van der Waals surface area contributed by atoms with Crippen molar-refractivity contribution < 1.29 is 0 Å². The number of hydrogen-bond acceptors (Lipinski definition) is 5. The van der Waals surface area contributed by atoms with Gasteiger partial charge in [-0.25, -0.2) is 9.97 Å². The van der Waals surface area contributed by atoms with E-state index in [2.05, 4.69) is 24.8 Å². The van der Waals surface area contributed by atoms with Crippen LogP contribution in [0.2, 0.25) is 0 Å². The first-order valence-electron chi connectivity index (χ1n) is 6.25. The molecule has 0 saturated carbocycles. The van der Waals surface area contributed by atoms with Crippen LogP contribution in [0.15, 0.2) is 37.1 Å². The first kappa shape index (κ1) is 11.1. The molecule has 1 saturated heterocycles. The van der Waals surface area contributed by atoms with Gasteiger partial charge >= 0.3 is 0 Å². The van der Waals surface area contributed by atoms with Gasteiger partial charge in [-0.15, -0.1) is 0 Å². The number of nitrogens with zero attached hydrogens (tertiary/aromatic N) is 5. The summed E-state index contributed by atoms with van der Waals surface area (Å²) >= 11 is 0. The van der Waals surface area contributed by atoms with Crippen LogP contribution >= 0.6 is 0 Å². The summed E-state index contributed by atoms with van der Waals surface area (Å²) in [6.45, 7) is 0.977. The molecular weight excluding hydrogens is 226 g/mol. The summed E-state index contributed by atoms with van der Waals surface area (Å²) in [5.74, 6) is 0.785. The van der Waals surface area contributed by atoms with E-state index < -0.39 is 0 Å². The van der Waals surface area contributed by atoms with Crippen LogP contribution < -0.4 is 4.90 Å². The molecule has 0 amide bonds. The van der Waals surface area contributed by atoms with Crippen molar-refractivity contribution in [2.75, 3.05) is 11.4 Å². The van der Waals surface area contributed by atoms with E-state index in [9.17, 15) is 0 Å². The van der Waals surface area contributed by atoms with Crippen LogP contribution in [0.3, 0.4) is 0 Å². The van der Waals surface area contributed by atoms with E-state index in [-0.39, 0.29) is 6.04 Å². The topological polar surface area (TPSA) is 54.8 Å². The molecule has 0 aliphatic carbocycles. The second-order valence-corrected chi connectivity index (χ2v) is 4.38. The third-order valence-corrected chi connectivity index (χ3v) is 3.24. The first-order valence-corrected chi connectivity index (χ1v) is 6.25. The van der Waals surface area contributed by atoms with Gasteiger partial charge in [-0.2, -0.15) is 0 Å². The highest BCUT2D eigenvalue weighted by molar-refractivity contribution is 5.34. The summed E-state index contributed by atoms with van der Waals surface area (Å²) in [7, 11) is 0. The molecule has 0 spiro atoms. The highest BCUT2D eigenvalue weighted by atomic mass is 15.3. The first-order chi connectivity index (χ1) is 8.95. The fourth-order valence-corrected chi connectivity index (χ4v) is 2.40. The Morgan fingerprint density at radius 2 is 1.89 bits per heavy atom. The highest BCUT2D eigenvalue weighted by Crippen LogP contribution is 2.31. The van der Waals surface area contributed by atoms with Crippen molar-refractivity contribution in [3.63, 3.8) is 0 Å². The summed E-state index contributed by atoms with van der Waals surface area (Å²) in [5.41, 5.74) is 1.00. The molecule has 3 heterocycles. The maximum atomic E-state index is 4.42. The van der Waals surface area contributed by atoms with Crippen molar-refractivity contribution in [1.82, 2.24) is 19.9 Å². The minimum Gasteiger partial charge on any atom is -0.332 e. The number of rotatable bonds is 2. The normalized spacial score (nSPS) is 19.8. The molecule has 5 heteroatoms. The predicted molar refractivity (Wildman–Crippen MR) is 68.0 cm³/mol. The van der Waals surface area contributed by atoms with Crippen LogP contribution in [0, 0.1) is 0 Å². The molecule has 0 radical (unpaired) electrons. The molecule has 0 bridgehead atoms. The second kappa shape index (κ2) is 5.08. The number of hydrogen-bond donors (Lipinski definition) is 0. The molecule has 0 N–H and O–H groups in total. The van der Waals surface area contributed by atoms with Crippen molar-refractivity contribution in [3.8, 4) is 0 Å². The van der Waals surface area contributed by atoms with Gasteiger partial charge in [0.2, 0.25) is 5.95 Å². The zero-order valence-corrected chi connectivity index (χ0v) is 10.1. The van der Waals surface area contributed by atoms with Gasteiger partial charge in [-0.3, -0.25) is 9.97 Å². The fourth-order valence-electron chi connectivity index (χ4n) is 2.40. The Kier molecular flexibility index (Phi) is 3.12. The predicted octanol–water partition coefficient (Wildman–Crippen LogP) is 2.00. The van der Waals surface area contributed by atoms with Crippen molar-refractivity contribution in [2.24, 2.45) is 0 Å². The number of aromatic nitrogens is 4. The van der Waals surface area contributed by atoms with Crippen LogP contribution in [0.25, 0.3) is 0 Å². The Morgan fingerprint density at radius 3 is 2.67 bits per heavy atom. The van der Waals surface area contributed by atoms with E-state index in [0.717, 1.165) is 24.6 Å². The molecule has 1 fully saturated rings. The minimum atomic E-state index is 0.245. The monoisotopic (exact) mass is 241 g/mol. The average Bonchev–Trinajstić information content (AvgIpc) is 2.49. The smallest absolute Gasteiger partial charge is 0.225 e. The molecular formula is C13H15N5. The summed E-state index contributed by atoms with van der Waals surface area (Å²) < 4.78 is 0. The maximum absolute atomic E-state index is 4.42. The lowest BCUT2D eigenvalue weighted by molar-refractivity contribution is 0.457. The second-order valence-electron chi connectivity index (χ2n) is 4.38. The average molecular weight is 241 g/mol. The molecule has 92 valence electrons.